The summed E-state index contributed by atoms with van der Waals surface area (Å²) in [6.45, 7) is 7.32. The number of aryl methyl sites for hydroxylation is 1. The first-order chi connectivity index (χ1) is 12.4. The van der Waals surface area contributed by atoms with Crippen molar-refractivity contribution in [3.05, 3.63) is 58.1 Å². The van der Waals surface area contributed by atoms with Gasteiger partial charge in [-0.05, 0) is 55.4 Å². The molecule has 0 saturated carbocycles. The summed E-state index contributed by atoms with van der Waals surface area (Å²) >= 11 is 6.05. The Morgan fingerprint density at radius 1 is 1.15 bits per heavy atom. The summed E-state index contributed by atoms with van der Waals surface area (Å²) in [7, 11) is 2.15. The van der Waals surface area contributed by atoms with Crippen LogP contribution in [0.1, 0.15) is 21.5 Å². The number of phenolic OH excluding ortho intramolecular Hbond substituents is 1. The minimum absolute atomic E-state index is 0.0123. The third-order valence-corrected chi connectivity index (χ3v) is 5.11. The molecular formula is C20H24ClN3O2. The first-order valence-corrected chi connectivity index (χ1v) is 9.10. The Hall–Kier alpha value is -2.08. The zero-order valence-corrected chi connectivity index (χ0v) is 15.9. The van der Waals surface area contributed by atoms with Crippen LogP contribution in [0.5, 0.6) is 5.75 Å². The molecule has 0 aromatic heterocycles. The largest absolute Gasteiger partial charge is 0.508 e. The molecule has 1 amide bonds. The monoisotopic (exact) mass is 373 g/mol. The second-order valence-corrected chi connectivity index (χ2v) is 7.25. The highest BCUT2D eigenvalue weighted by Crippen LogP contribution is 2.23. The summed E-state index contributed by atoms with van der Waals surface area (Å²) in [5, 5.41) is 12.7. The van der Waals surface area contributed by atoms with Crippen molar-refractivity contribution in [2.24, 2.45) is 0 Å². The van der Waals surface area contributed by atoms with Gasteiger partial charge in [0.1, 0.15) is 5.75 Å². The van der Waals surface area contributed by atoms with E-state index in [1.165, 1.54) is 23.8 Å². The number of hydrogen-bond acceptors (Lipinski definition) is 4. The fraction of sp³-hybridized carbons (Fsp3) is 0.350. The van der Waals surface area contributed by atoms with Gasteiger partial charge in [-0.3, -0.25) is 9.69 Å². The van der Waals surface area contributed by atoms with Gasteiger partial charge in [-0.1, -0.05) is 17.7 Å². The molecule has 0 spiro atoms. The Balaban J connectivity index is 1.67. The minimum atomic E-state index is -0.336. The lowest BCUT2D eigenvalue weighted by Gasteiger charge is -2.32. The first kappa shape index (κ1) is 18.7. The predicted molar refractivity (Wildman–Crippen MR) is 105 cm³/mol. The summed E-state index contributed by atoms with van der Waals surface area (Å²) < 4.78 is 0. The van der Waals surface area contributed by atoms with Crippen LogP contribution in [0.2, 0.25) is 5.02 Å². The molecule has 0 atom stereocenters. The van der Waals surface area contributed by atoms with Gasteiger partial charge in [-0.2, -0.15) is 0 Å². The van der Waals surface area contributed by atoms with E-state index in [9.17, 15) is 9.90 Å². The molecule has 0 unspecified atom stereocenters. The number of hydrogen-bond donors (Lipinski definition) is 2. The Morgan fingerprint density at radius 3 is 2.58 bits per heavy atom. The Kier molecular flexibility index (Phi) is 5.81. The van der Waals surface area contributed by atoms with Crippen molar-refractivity contribution >= 4 is 23.2 Å². The van der Waals surface area contributed by atoms with E-state index in [-0.39, 0.29) is 17.2 Å². The van der Waals surface area contributed by atoms with Crippen molar-refractivity contribution in [3.63, 3.8) is 0 Å². The van der Waals surface area contributed by atoms with E-state index in [1.807, 2.05) is 12.1 Å². The first-order valence-electron chi connectivity index (χ1n) is 8.72. The maximum absolute atomic E-state index is 12.4. The number of rotatable bonds is 4. The van der Waals surface area contributed by atoms with Gasteiger partial charge >= 0.3 is 0 Å². The number of phenols is 1. The molecule has 138 valence electrons. The van der Waals surface area contributed by atoms with Crippen molar-refractivity contribution < 1.29 is 9.90 Å². The molecule has 1 saturated heterocycles. The van der Waals surface area contributed by atoms with Crippen LogP contribution in [0.15, 0.2) is 36.4 Å². The number of benzene rings is 2. The van der Waals surface area contributed by atoms with Gasteiger partial charge in [0, 0.05) is 38.4 Å². The van der Waals surface area contributed by atoms with Crippen LogP contribution in [0.25, 0.3) is 0 Å². The normalized spacial score (nSPS) is 15.8. The molecule has 1 heterocycles. The molecule has 1 aliphatic rings. The highest BCUT2D eigenvalue weighted by atomic mass is 35.5. The van der Waals surface area contributed by atoms with Crippen LogP contribution >= 0.6 is 11.6 Å². The SMILES string of the molecule is Cc1cc(NC(=O)c2cc(O)ccc2Cl)ccc1CN1CCN(C)CC1. The Labute approximate surface area is 159 Å². The third-order valence-electron chi connectivity index (χ3n) is 4.78. The van der Waals surface area contributed by atoms with Crippen LogP contribution in [0.4, 0.5) is 5.69 Å². The Morgan fingerprint density at radius 2 is 1.88 bits per heavy atom. The molecular weight excluding hydrogens is 350 g/mol. The Bertz CT molecular complexity index is 802. The number of carbonyl (C=O) groups excluding carboxylic acids is 1. The third kappa shape index (κ3) is 4.55. The second kappa shape index (κ2) is 8.08. The second-order valence-electron chi connectivity index (χ2n) is 6.84. The van der Waals surface area contributed by atoms with Crippen molar-refractivity contribution in [2.75, 3.05) is 38.5 Å². The summed E-state index contributed by atoms with van der Waals surface area (Å²) in [6, 6.07) is 10.3. The molecule has 1 aliphatic heterocycles. The van der Waals surface area contributed by atoms with Crippen LogP contribution in [-0.2, 0) is 6.54 Å². The lowest BCUT2D eigenvalue weighted by atomic mass is 10.1. The molecule has 0 radical (unpaired) electrons. The van der Waals surface area contributed by atoms with Gasteiger partial charge in [-0.15, -0.1) is 0 Å². The number of nitrogens with zero attached hydrogens (tertiary/aromatic N) is 2. The van der Waals surface area contributed by atoms with Crippen LogP contribution < -0.4 is 5.32 Å². The minimum Gasteiger partial charge on any atom is -0.508 e. The molecule has 2 aromatic carbocycles. The summed E-state index contributed by atoms with van der Waals surface area (Å²) in [5.41, 5.74) is 3.38. The van der Waals surface area contributed by atoms with Gasteiger partial charge < -0.3 is 15.3 Å². The average molecular weight is 374 g/mol. The van der Waals surface area contributed by atoms with E-state index >= 15 is 0 Å². The number of anilines is 1. The number of likely N-dealkylation sites (N-methyl/N-ethyl adjacent to an activating group) is 1. The number of amides is 1. The predicted octanol–water partition coefficient (Wildman–Crippen LogP) is 3.35. The molecule has 1 fully saturated rings. The highest BCUT2D eigenvalue weighted by Gasteiger charge is 2.16. The molecule has 2 aromatic rings. The number of nitrogens with one attached hydrogen (secondary N) is 1. The zero-order valence-electron chi connectivity index (χ0n) is 15.1. The molecule has 0 bridgehead atoms. The van der Waals surface area contributed by atoms with E-state index in [1.54, 1.807) is 0 Å². The summed E-state index contributed by atoms with van der Waals surface area (Å²) in [5.74, 6) is -0.324. The quantitative estimate of drug-likeness (QED) is 0.862. The van der Waals surface area contributed by atoms with Gasteiger partial charge in [-0.25, -0.2) is 0 Å². The van der Waals surface area contributed by atoms with Gasteiger partial charge in [0.25, 0.3) is 5.91 Å². The lowest BCUT2D eigenvalue weighted by molar-refractivity contribution is 0.102. The van der Waals surface area contributed by atoms with E-state index in [4.69, 9.17) is 11.6 Å². The standard InChI is InChI=1S/C20H24ClN3O2/c1-14-11-16(22-20(26)18-12-17(25)5-6-19(18)21)4-3-15(14)13-24-9-7-23(2)8-10-24/h3-6,11-12,25H,7-10,13H2,1-2H3,(H,22,26). The summed E-state index contributed by atoms with van der Waals surface area (Å²) in [6.07, 6.45) is 0. The summed E-state index contributed by atoms with van der Waals surface area (Å²) in [4.78, 5) is 17.2. The van der Waals surface area contributed by atoms with Crippen molar-refractivity contribution in [2.45, 2.75) is 13.5 Å². The van der Waals surface area contributed by atoms with Crippen molar-refractivity contribution in [3.8, 4) is 5.75 Å². The topological polar surface area (TPSA) is 55.8 Å². The molecule has 3 rings (SSSR count). The number of piperazine rings is 1. The average Bonchev–Trinajstić information content (AvgIpc) is 2.61. The van der Waals surface area contributed by atoms with Gasteiger partial charge in [0.15, 0.2) is 0 Å². The maximum atomic E-state index is 12.4. The highest BCUT2D eigenvalue weighted by molar-refractivity contribution is 6.34. The van der Waals surface area contributed by atoms with Crippen molar-refractivity contribution in [1.29, 1.82) is 0 Å². The molecule has 0 aliphatic carbocycles. The van der Waals surface area contributed by atoms with E-state index in [2.05, 4.69) is 35.2 Å². The van der Waals surface area contributed by atoms with Crippen LogP contribution in [-0.4, -0.2) is 54.0 Å². The lowest BCUT2D eigenvalue weighted by Crippen LogP contribution is -2.43. The molecule has 6 heteroatoms. The number of aromatic hydroxyl groups is 1. The van der Waals surface area contributed by atoms with Crippen LogP contribution in [0.3, 0.4) is 0 Å². The fourth-order valence-corrected chi connectivity index (χ4v) is 3.29. The number of halogens is 1. The molecule has 5 nitrogen and oxygen atoms in total. The van der Waals surface area contributed by atoms with E-state index in [0.29, 0.717) is 10.7 Å². The van der Waals surface area contributed by atoms with Gasteiger partial charge in [0.2, 0.25) is 0 Å². The zero-order chi connectivity index (χ0) is 18.7. The van der Waals surface area contributed by atoms with Crippen LogP contribution in [0, 0.1) is 6.92 Å². The molecule has 26 heavy (non-hydrogen) atoms. The molecule has 2 N–H and O–H groups in total. The maximum Gasteiger partial charge on any atom is 0.257 e. The van der Waals surface area contributed by atoms with E-state index < -0.39 is 0 Å². The van der Waals surface area contributed by atoms with Gasteiger partial charge in [0.05, 0.1) is 10.6 Å². The van der Waals surface area contributed by atoms with E-state index in [0.717, 1.165) is 38.3 Å². The number of carbonyl (C=O) groups is 1. The smallest absolute Gasteiger partial charge is 0.257 e. The fourth-order valence-electron chi connectivity index (χ4n) is 3.08. The van der Waals surface area contributed by atoms with Crippen molar-refractivity contribution in [1.82, 2.24) is 9.80 Å².